The average molecular weight is 605 g/mol. The molecule has 45 heavy (non-hydrogen) atoms. The minimum Gasteiger partial charge on any atom is -0.491 e. The normalized spacial score (nSPS) is 14.2. The van der Waals surface area contributed by atoms with Crippen LogP contribution in [0.1, 0.15) is 77.8 Å². The molecule has 0 amide bonds. The van der Waals surface area contributed by atoms with Crippen molar-refractivity contribution in [1.29, 1.82) is 0 Å². The summed E-state index contributed by atoms with van der Waals surface area (Å²) in [6.07, 6.45) is 7.12. The molecule has 234 valence electrons. The number of rotatable bonds is 15. The smallest absolute Gasteiger partial charge is 0.335 e. The number of carbonyl (C=O) groups excluding carboxylic acids is 1. The summed E-state index contributed by atoms with van der Waals surface area (Å²) in [5, 5.41) is 0. The van der Waals surface area contributed by atoms with Crippen molar-refractivity contribution in [2.75, 3.05) is 26.4 Å². The summed E-state index contributed by atoms with van der Waals surface area (Å²) in [4.78, 5) is 12.2. The van der Waals surface area contributed by atoms with Gasteiger partial charge >= 0.3 is 5.97 Å². The molecule has 5 heteroatoms. The van der Waals surface area contributed by atoms with Gasteiger partial charge in [0.25, 0.3) is 0 Å². The van der Waals surface area contributed by atoms with Crippen LogP contribution in [0.3, 0.4) is 0 Å². The van der Waals surface area contributed by atoms with Crippen LogP contribution in [0.15, 0.2) is 91.0 Å². The Balaban J connectivity index is 1.28. The SMILES string of the molecule is CCCc1ccc2c(c1)C=Cc1ccc(Cc3ccccc3)cc1C2OCCOc1ccc(CC(OCC)C(=O)OCC)cc1. The van der Waals surface area contributed by atoms with Crippen molar-refractivity contribution < 1.29 is 23.7 Å². The maximum atomic E-state index is 12.2. The predicted octanol–water partition coefficient (Wildman–Crippen LogP) is 8.41. The van der Waals surface area contributed by atoms with Crippen molar-refractivity contribution in [2.24, 2.45) is 0 Å². The minimum atomic E-state index is -0.610. The van der Waals surface area contributed by atoms with Crippen LogP contribution in [0.4, 0.5) is 0 Å². The van der Waals surface area contributed by atoms with Gasteiger partial charge in [-0.05, 0) is 83.3 Å². The van der Waals surface area contributed by atoms with Crippen molar-refractivity contribution in [3.05, 3.63) is 136 Å². The first kappa shape index (κ1) is 32.2. The molecular formula is C40H44O5. The van der Waals surface area contributed by atoms with Gasteiger partial charge in [-0.15, -0.1) is 0 Å². The van der Waals surface area contributed by atoms with Crippen LogP contribution >= 0.6 is 0 Å². The lowest BCUT2D eigenvalue weighted by Crippen LogP contribution is -2.28. The Morgan fingerprint density at radius 2 is 1.47 bits per heavy atom. The Morgan fingerprint density at radius 3 is 2.22 bits per heavy atom. The van der Waals surface area contributed by atoms with E-state index >= 15 is 0 Å². The molecule has 0 spiro atoms. The lowest BCUT2D eigenvalue weighted by Gasteiger charge is -2.22. The highest BCUT2D eigenvalue weighted by molar-refractivity contribution is 5.77. The minimum absolute atomic E-state index is 0.208. The number of carbonyl (C=O) groups is 1. The Morgan fingerprint density at radius 1 is 0.711 bits per heavy atom. The zero-order chi connectivity index (χ0) is 31.4. The molecule has 0 saturated heterocycles. The number of fused-ring (bicyclic) bond motifs is 2. The lowest BCUT2D eigenvalue weighted by molar-refractivity contribution is -0.156. The highest BCUT2D eigenvalue weighted by Crippen LogP contribution is 2.37. The largest absolute Gasteiger partial charge is 0.491 e. The van der Waals surface area contributed by atoms with Gasteiger partial charge in [0.05, 0.1) is 13.2 Å². The molecule has 0 saturated carbocycles. The molecule has 0 heterocycles. The summed E-state index contributed by atoms with van der Waals surface area (Å²) in [5.41, 5.74) is 9.62. The van der Waals surface area contributed by atoms with Crippen LogP contribution in [0.5, 0.6) is 5.75 Å². The Bertz CT molecular complexity index is 1560. The van der Waals surface area contributed by atoms with E-state index in [4.69, 9.17) is 18.9 Å². The number of benzene rings is 4. The van der Waals surface area contributed by atoms with Crippen LogP contribution in [-0.2, 0) is 38.3 Å². The Kier molecular flexibility index (Phi) is 11.6. The first-order chi connectivity index (χ1) is 22.1. The molecule has 2 atom stereocenters. The summed E-state index contributed by atoms with van der Waals surface area (Å²) >= 11 is 0. The number of hydrogen-bond acceptors (Lipinski definition) is 5. The molecule has 0 radical (unpaired) electrons. The Labute approximate surface area is 267 Å². The van der Waals surface area contributed by atoms with E-state index in [0.717, 1.165) is 30.6 Å². The molecule has 4 aromatic rings. The summed E-state index contributed by atoms with van der Waals surface area (Å²) < 4.78 is 23.5. The van der Waals surface area contributed by atoms with Gasteiger partial charge in [0, 0.05) is 13.0 Å². The van der Waals surface area contributed by atoms with Gasteiger partial charge in [-0.2, -0.15) is 0 Å². The van der Waals surface area contributed by atoms with Gasteiger partial charge in [-0.25, -0.2) is 4.79 Å². The van der Waals surface area contributed by atoms with Crippen molar-refractivity contribution >= 4 is 18.1 Å². The Hall–Kier alpha value is -4.19. The standard InChI is InChI=1S/C40H44O5/c1-4-10-29-16-22-36-34(26-29)19-18-33-17-13-32(25-30-11-8-7-9-12-30)27-37(33)39(36)45-24-23-44-35-20-14-31(15-21-35)28-38(42-5-2)40(41)43-6-3/h7-9,11-22,26-27,38-39H,4-6,10,23-25,28H2,1-3H3. The molecule has 4 aromatic carbocycles. The second-order valence-electron chi connectivity index (χ2n) is 11.3. The fourth-order valence-electron chi connectivity index (χ4n) is 5.83. The quantitative estimate of drug-likeness (QED) is 0.101. The zero-order valence-electron chi connectivity index (χ0n) is 26.7. The van der Waals surface area contributed by atoms with Gasteiger partial charge in [0.1, 0.15) is 18.5 Å². The highest BCUT2D eigenvalue weighted by atomic mass is 16.6. The van der Waals surface area contributed by atoms with Crippen molar-refractivity contribution in [3.8, 4) is 5.75 Å². The average Bonchev–Trinajstić information content (AvgIpc) is 3.20. The van der Waals surface area contributed by atoms with Gasteiger partial charge in [-0.1, -0.05) is 104 Å². The summed E-state index contributed by atoms with van der Waals surface area (Å²) in [6.45, 7) is 7.52. The topological polar surface area (TPSA) is 54.0 Å². The molecular weight excluding hydrogens is 560 g/mol. The van der Waals surface area contributed by atoms with E-state index < -0.39 is 6.10 Å². The molecule has 1 aliphatic carbocycles. The molecule has 0 aliphatic heterocycles. The summed E-state index contributed by atoms with van der Waals surface area (Å²) in [6, 6.07) is 31.9. The van der Waals surface area contributed by atoms with Crippen LogP contribution < -0.4 is 4.74 Å². The second-order valence-corrected chi connectivity index (χ2v) is 11.3. The van der Waals surface area contributed by atoms with Gasteiger partial charge in [0.15, 0.2) is 6.10 Å². The second kappa shape index (κ2) is 16.2. The molecule has 0 aromatic heterocycles. The third kappa shape index (κ3) is 8.72. The molecule has 0 bridgehead atoms. The highest BCUT2D eigenvalue weighted by Gasteiger charge is 2.24. The first-order valence-electron chi connectivity index (χ1n) is 16.2. The van der Waals surface area contributed by atoms with Gasteiger partial charge in [0.2, 0.25) is 0 Å². The molecule has 1 aliphatic rings. The summed E-state index contributed by atoms with van der Waals surface area (Å²) in [7, 11) is 0. The number of aryl methyl sites for hydroxylation is 1. The van der Waals surface area contributed by atoms with Crippen molar-refractivity contribution in [2.45, 2.75) is 58.7 Å². The predicted molar refractivity (Wildman–Crippen MR) is 181 cm³/mol. The van der Waals surface area contributed by atoms with Crippen LogP contribution in [0.2, 0.25) is 0 Å². The maximum absolute atomic E-state index is 12.2. The van der Waals surface area contributed by atoms with Crippen molar-refractivity contribution in [1.82, 2.24) is 0 Å². The van der Waals surface area contributed by atoms with Crippen LogP contribution in [0, 0.1) is 0 Å². The third-order valence-corrected chi connectivity index (χ3v) is 8.00. The van der Waals surface area contributed by atoms with Gasteiger partial charge < -0.3 is 18.9 Å². The number of hydrogen-bond donors (Lipinski definition) is 0. The molecule has 5 rings (SSSR count). The van der Waals surface area contributed by atoms with E-state index in [9.17, 15) is 4.79 Å². The fraction of sp³-hybridized carbons (Fsp3) is 0.325. The maximum Gasteiger partial charge on any atom is 0.335 e. The molecule has 0 fully saturated rings. The monoisotopic (exact) mass is 604 g/mol. The van der Waals surface area contributed by atoms with E-state index in [0.29, 0.717) is 32.8 Å². The van der Waals surface area contributed by atoms with Gasteiger partial charge in [-0.3, -0.25) is 0 Å². The lowest BCUT2D eigenvalue weighted by atomic mass is 9.92. The molecule has 0 N–H and O–H groups in total. The summed E-state index contributed by atoms with van der Waals surface area (Å²) in [5.74, 6) is 0.423. The number of ether oxygens (including phenoxy) is 4. The van der Waals surface area contributed by atoms with E-state index in [1.165, 1.54) is 38.9 Å². The third-order valence-electron chi connectivity index (χ3n) is 8.00. The molecule has 5 nitrogen and oxygen atoms in total. The fourth-order valence-corrected chi connectivity index (χ4v) is 5.83. The van der Waals surface area contributed by atoms with Crippen molar-refractivity contribution in [3.63, 3.8) is 0 Å². The molecule has 2 unspecified atom stereocenters. The van der Waals surface area contributed by atoms with E-state index in [1.807, 2.05) is 31.2 Å². The van der Waals surface area contributed by atoms with Crippen LogP contribution in [0.25, 0.3) is 12.2 Å². The van der Waals surface area contributed by atoms with E-state index in [-0.39, 0.29) is 12.1 Å². The van der Waals surface area contributed by atoms with E-state index in [2.05, 4.69) is 85.8 Å². The van der Waals surface area contributed by atoms with E-state index in [1.54, 1.807) is 6.92 Å². The first-order valence-corrected chi connectivity index (χ1v) is 16.2. The van der Waals surface area contributed by atoms with Crippen LogP contribution in [-0.4, -0.2) is 38.5 Å². The zero-order valence-corrected chi connectivity index (χ0v) is 26.7. The number of esters is 1.